The summed E-state index contributed by atoms with van der Waals surface area (Å²) >= 11 is 6.41. The zero-order valence-electron chi connectivity index (χ0n) is 24.4. The average Bonchev–Trinajstić information content (AvgIpc) is 3.43. The number of carbonyl (C=O) groups excluding carboxylic acids is 2. The van der Waals surface area contributed by atoms with Crippen molar-refractivity contribution in [3.63, 3.8) is 0 Å². The minimum atomic E-state index is -0.376. The molecule has 0 radical (unpaired) electrons. The molecule has 3 aromatic carbocycles. The number of hydrogen-bond donors (Lipinski definition) is 0. The smallest absolute Gasteiger partial charge is 0.337 e. The summed E-state index contributed by atoms with van der Waals surface area (Å²) in [5, 5.41) is 4.67. The highest BCUT2D eigenvalue weighted by atomic mass is 35.5. The van der Waals surface area contributed by atoms with E-state index in [1.807, 2.05) is 59.5 Å². The minimum Gasteiger partial charge on any atom is -0.497 e. The van der Waals surface area contributed by atoms with Gasteiger partial charge in [0.25, 0.3) is 5.91 Å². The van der Waals surface area contributed by atoms with E-state index in [9.17, 15) is 9.59 Å². The molecule has 2 heterocycles. The molecule has 5 rings (SSSR count). The van der Waals surface area contributed by atoms with Gasteiger partial charge in [-0.15, -0.1) is 0 Å². The van der Waals surface area contributed by atoms with Gasteiger partial charge in [-0.2, -0.15) is 0 Å². The van der Waals surface area contributed by atoms with E-state index in [0.717, 1.165) is 16.9 Å². The number of methoxy groups -OCH3 is 2. The molecule has 10 heteroatoms. The molecule has 1 aliphatic rings. The lowest BCUT2D eigenvalue weighted by Gasteiger charge is -2.36. The molecule has 0 aliphatic carbocycles. The normalized spacial score (nSPS) is 14.4. The maximum Gasteiger partial charge on any atom is 0.337 e. The van der Waals surface area contributed by atoms with Crippen molar-refractivity contribution in [2.24, 2.45) is 0 Å². The second-order valence-electron chi connectivity index (χ2n) is 10.3. The first kappa shape index (κ1) is 30.3. The number of rotatable bonds is 10. The van der Waals surface area contributed by atoms with Gasteiger partial charge in [-0.05, 0) is 48.4 Å². The number of esters is 1. The molecule has 224 valence electrons. The second-order valence-corrected chi connectivity index (χ2v) is 10.7. The van der Waals surface area contributed by atoms with Gasteiger partial charge in [-0.1, -0.05) is 59.2 Å². The van der Waals surface area contributed by atoms with E-state index >= 15 is 0 Å². The molecule has 0 N–H and O–H groups in total. The Bertz CT molecular complexity index is 1560. The van der Waals surface area contributed by atoms with Gasteiger partial charge in [0.2, 0.25) is 0 Å². The first-order chi connectivity index (χ1) is 20.9. The van der Waals surface area contributed by atoms with E-state index in [4.69, 9.17) is 30.3 Å². The zero-order chi connectivity index (χ0) is 30.3. The van der Waals surface area contributed by atoms with Crippen molar-refractivity contribution in [2.45, 2.75) is 19.6 Å². The molecular formula is C33H34ClN3O6. The Balaban J connectivity index is 1.26. The van der Waals surface area contributed by atoms with Crippen LogP contribution < -0.4 is 4.74 Å². The predicted octanol–water partition coefficient (Wildman–Crippen LogP) is 5.81. The van der Waals surface area contributed by atoms with Crippen LogP contribution in [0.2, 0.25) is 5.02 Å². The second kappa shape index (κ2) is 13.9. The van der Waals surface area contributed by atoms with Gasteiger partial charge in [-0.3, -0.25) is 9.69 Å². The van der Waals surface area contributed by atoms with Crippen molar-refractivity contribution < 1.29 is 28.3 Å². The molecule has 9 nitrogen and oxygen atoms in total. The molecule has 43 heavy (non-hydrogen) atoms. The Morgan fingerprint density at radius 3 is 2.42 bits per heavy atom. The number of aromatic nitrogens is 1. The molecule has 4 aromatic rings. The molecule has 0 unspecified atom stereocenters. The fraction of sp³-hybridized carbons (Fsp3) is 0.303. The molecule has 1 saturated heterocycles. The number of hydrogen-bond acceptors (Lipinski definition) is 8. The monoisotopic (exact) mass is 603 g/mol. The van der Waals surface area contributed by atoms with Crippen molar-refractivity contribution >= 4 is 23.5 Å². The third kappa shape index (κ3) is 7.07. The lowest BCUT2D eigenvalue weighted by Crippen LogP contribution is -2.49. The number of piperazine rings is 1. The summed E-state index contributed by atoms with van der Waals surface area (Å²) < 4.78 is 22.1. The SMILES string of the molecule is COC(=O)c1ccc(CO[C@@H](CN2CCN(C(=O)c3c(-c4ccccc4Cl)noc3C)CC2)c2cccc(OC)c2)cc1. The number of nitrogens with zero attached hydrogens (tertiary/aromatic N) is 3. The van der Waals surface area contributed by atoms with E-state index < -0.39 is 0 Å². The molecule has 1 amide bonds. The van der Waals surface area contributed by atoms with Gasteiger partial charge in [0.15, 0.2) is 0 Å². The summed E-state index contributed by atoms with van der Waals surface area (Å²) in [5.41, 5.74) is 3.99. The summed E-state index contributed by atoms with van der Waals surface area (Å²) in [4.78, 5) is 29.6. The first-order valence-corrected chi connectivity index (χ1v) is 14.4. The maximum absolute atomic E-state index is 13.6. The fourth-order valence-corrected chi connectivity index (χ4v) is 5.36. The molecule has 1 aromatic heterocycles. The molecule has 1 fully saturated rings. The number of carbonyl (C=O) groups is 2. The highest BCUT2D eigenvalue weighted by Crippen LogP contribution is 2.32. The molecule has 0 spiro atoms. The fourth-order valence-electron chi connectivity index (χ4n) is 5.14. The van der Waals surface area contributed by atoms with Gasteiger partial charge in [0.05, 0.1) is 37.5 Å². The van der Waals surface area contributed by atoms with Crippen molar-refractivity contribution in [2.75, 3.05) is 46.9 Å². The number of halogens is 1. The first-order valence-electron chi connectivity index (χ1n) is 14.0. The van der Waals surface area contributed by atoms with Crippen molar-refractivity contribution in [3.05, 3.63) is 106 Å². The number of amides is 1. The quantitative estimate of drug-likeness (QED) is 0.210. The largest absolute Gasteiger partial charge is 0.497 e. The van der Waals surface area contributed by atoms with Gasteiger partial charge in [0.1, 0.15) is 22.8 Å². The van der Waals surface area contributed by atoms with Gasteiger partial charge < -0.3 is 23.6 Å². The third-order valence-corrected chi connectivity index (χ3v) is 7.91. The summed E-state index contributed by atoms with van der Waals surface area (Å²) in [6.45, 7) is 5.18. The van der Waals surface area contributed by atoms with Crippen LogP contribution in [0.1, 0.15) is 43.7 Å². The summed E-state index contributed by atoms with van der Waals surface area (Å²) in [5.74, 6) is 0.721. The van der Waals surface area contributed by atoms with Crippen molar-refractivity contribution in [1.29, 1.82) is 0 Å². The standard InChI is InChI=1S/C33H34ClN3O6/c1-22-30(31(35-43-22)27-9-4-5-10-28(27)34)32(38)37-17-15-36(16-18-37)20-29(25-7-6-8-26(19-25)40-2)42-21-23-11-13-24(14-12-23)33(39)41-3/h4-14,19,29H,15-18,20-21H2,1-3H3/t29-/m0/s1. The van der Waals surface area contributed by atoms with Crippen LogP contribution in [0.15, 0.2) is 77.3 Å². The molecule has 1 aliphatic heterocycles. The Morgan fingerprint density at radius 1 is 0.977 bits per heavy atom. The maximum atomic E-state index is 13.6. The number of aryl methyl sites for hydroxylation is 1. The Morgan fingerprint density at radius 2 is 1.72 bits per heavy atom. The van der Waals surface area contributed by atoms with Crippen LogP contribution in [0.5, 0.6) is 5.75 Å². The van der Waals surface area contributed by atoms with Crippen molar-refractivity contribution in [3.8, 4) is 17.0 Å². The molecular weight excluding hydrogens is 570 g/mol. The Hall–Kier alpha value is -4.18. The van der Waals surface area contributed by atoms with E-state index in [2.05, 4.69) is 10.1 Å². The average molecular weight is 604 g/mol. The summed E-state index contributed by atoms with van der Waals surface area (Å²) in [6.07, 6.45) is -0.246. The van der Waals surface area contributed by atoms with Crippen molar-refractivity contribution in [1.82, 2.24) is 15.0 Å². The van der Waals surface area contributed by atoms with Crippen LogP contribution in [0.25, 0.3) is 11.3 Å². The summed E-state index contributed by atoms with van der Waals surface area (Å²) in [7, 11) is 3.00. The van der Waals surface area contributed by atoms with Gasteiger partial charge in [0, 0.05) is 38.3 Å². The van der Waals surface area contributed by atoms with Gasteiger partial charge >= 0.3 is 5.97 Å². The van der Waals surface area contributed by atoms with E-state index in [1.165, 1.54) is 7.11 Å². The Kier molecular flexibility index (Phi) is 9.76. The molecule has 1 atom stereocenters. The number of benzene rings is 3. The zero-order valence-corrected chi connectivity index (χ0v) is 25.2. The van der Waals surface area contributed by atoms with E-state index in [1.54, 1.807) is 32.2 Å². The lowest BCUT2D eigenvalue weighted by atomic mass is 10.0. The highest BCUT2D eigenvalue weighted by Gasteiger charge is 2.30. The Labute approximate surface area is 255 Å². The molecule has 0 bridgehead atoms. The van der Waals surface area contributed by atoms with E-state index in [-0.39, 0.29) is 18.0 Å². The van der Waals surface area contributed by atoms with Crippen LogP contribution >= 0.6 is 11.6 Å². The molecule has 0 saturated carbocycles. The minimum absolute atomic E-state index is 0.121. The van der Waals surface area contributed by atoms with Crippen LogP contribution in [-0.4, -0.2) is 73.8 Å². The van der Waals surface area contributed by atoms with Crippen LogP contribution in [0, 0.1) is 6.92 Å². The van der Waals surface area contributed by atoms with E-state index in [0.29, 0.717) is 72.5 Å². The topological polar surface area (TPSA) is 94.3 Å². The lowest BCUT2D eigenvalue weighted by molar-refractivity contribution is 0.00331. The summed E-state index contributed by atoms with van der Waals surface area (Å²) in [6, 6.07) is 22.3. The van der Waals surface area contributed by atoms with Gasteiger partial charge in [-0.25, -0.2) is 4.79 Å². The van der Waals surface area contributed by atoms with Crippen LogP contribution in [0.3, 0.4) is 0 Å². The predicted molar refractivity (Wildman–Crippen MR) is 162 cm³/mol. The number of ether oxygens (including phenoxy) is 3. The van der Waals surface area contributed by atoms with Crippen LogP contribution in [-0.2, 0) is 16.1 Å². The van der Waals surface area contributed by atoms with Crippen LogP contribution in [0.4, 0.5) is 0 Å². The third-order valence-electron chi connectivity index (χ3n) is 7.58. The highest BCUT2D eigenvalue weighted by molar-refractivity contribution is 6.33.